The zero-order valence-electron chi connectivity index (χ0n) is 41.6. The monoisotopic (exact) mass is 958 g/mol. The van der Waals surface area contributed by atoms with Gasteiger partial charge in [0.25, 0.3) is 11.8 Å². The maximum atomic E-state index is 13.5. The van der Waals surface area contributed by atoms with Gasteiger partial charge in [0.2, 0.25) is 0 Å². The Morgan fingerprint density at radius 3 is 1.90 bits per heavy atom. The van der Waals surface area contributed by atoms with E-state index in [0.717, 1.165) is 29.9 Å². The highest BCUT2D eigenvalue weighted by Gasteiger charge is 2.44. The number of amides is 1. The molecule has 4 heterocycles. The van der Waals surface area contributed by atoms with Gasteiger partial charge in [-0.1, -0.05) is 74.5 Å². The zero-order valence-corrected chi connectivity index (χ0v) is 41.6. The fourth-order valence-electron chi connectivity index (χ4n) is 9.00. The number of rotatable bonds is 7. The molecule has 1 fully saturated rings. The summed E-state index contributed by atoms with van der Waals surface area (Å²) in [4.78, 5) is 18.8. The Morgan fingerprint density at radius 1 is 0.765 bits per heavy atom. The van der Waals surface area contributed by atoms with Crippen LogP contribution in [0.15, 0.2) is 73.1 Å². The molecular weight excluding hydrogens is 888 g/mol. The number of nitrogens with zero attached hydrogens (tertiary/aromatic N) is 7. The van der Waals surface area contributed by atoms with E-state index in [2.05, 4.69) is 83.8 Å². The quantitative estimate of drug-likeness (QED) is 0.152. The minimum absolute atomic E-state index is 0.0347. The second-order valence-electron chi connectivity index (χ2n) is 20.3. The lowest BCUT2D eigenvalue weighted by Crippen LogP contribution is -2.42. The molecule has 3 aromatic heterocycles. The van der Waals surface area contributed by atoms with Crippen LogP contribution >= 0.6 is 0 Å². The first-order chi connectivity index (χ1) is 31.6. The Hall–Kier alpha value is -5.15. The molecule has 1 saturated heterocycles. The van der Waals surface area contributed by atoms with E-state index in [4.69, 9.17) is 4.74 Å². The number of imidazole rings is 1. The molecule has 3 aliphatic rings. The van der Waals surface area contributed by atoms with Crippen LogP contribution in [0.2, 0.25) is 0 Å². The van der Waals surface area contributed by atoms with Gasteiger partial charge in [0.05, 0.1) is 5.69 Å². The first kappa shape index (κ1) is 53.8. The summed E-state index contributed by atoms with van der Waals surface area (Å²) in [5.41, 5.74) is 2.63. The predicted octanol–water partition coefficient (Wildman–Crippen LogP) is 14.2. The smallest absolute Gasteiger partial charge is 0.433 e. The third-order valence-corrected chi connectivity index (χ3v) is 12.1. The van der Waals surface area contributed by atoms with E-state index in [1.807, 2.05) is 62.3 Å². The van der Waals surface area contributed by atoms with Crippen molar-refractivity contribution in [2.75, 3.05) is 6.54 Å². The SMILES string of the molecule is CC(C)C1CC(c2ccccc2)CN1C(=O)OC(C)(C)C.CC(C)n1ccnc1-c1ccccc1.CC(C)n1nc(C(C)(F)F)c2c1CCC(F)(F)C2.CC(C)n1nc2c(c1C(F)(F)F)CCC2. The molecule has 0 spiro atoms. The van der Waals surface area contributed by atoms with Gasteiger partial charge in [-0.05, 0) is 106 Å². The summed E-state index contributed by atoms with van der Waals surface area (Å²) < 4.78 is 102. The van der Waals surface area contributed by atoms with Gasteiger partial charge in [0.15, 0.2) is 0 Å². The number of hydrogen-bond acceptors (Lipinski definition) is 5. The zero-order chi connectivity index (χ0) is 50.5. The van der Waals surface area contributed by atoms with E-state index < -0.39 is 41.4 Å². The summed E-state index contributed by atoms with van der Waals surface area (Å²) in [5, 5.41) is 7.91. The molecule has 2 aromatic carbocycles. The van der Waals surface area contributed by atoms with E-state index in [1.54, 1.807) is 27.7 Å². The maximum absolute atomic E-state index is 13.5. The van der Waals surface area contributed by atoms with Crippen LogP contribution < -0.4 is 0 Å². The van der Waals surface area contributed by atoms with Crippen molar-refractivity contribution in [2.45, 2.75) is 182 Å². The van der Waals surface area contributed by atoms with Crippen LogP contribution in [0.3, 0.4) is 0 Å². The molecule has 2 atom stereocenters. The molecule has 8 rings (SSSR count). The van der Waals surface area contributed by atoms with Gasteiger partial charge >= 0.3 is 12.3 Å². The van der Waals surface area contributed by atoms with E-state index in [-0.39, 0.29) is 42.6 Å². The average molecular weight is 958 g/mol. The second kappa shape index (κ2) is 21.6. The lowest BCUT2D eigenvalue weighted by atomic mass is 9.91. The van der Waals surface area contributed by atoms with Gasteiger partial charge in [0.1, 0.15) is 22.8 Å². The summed E-state index contributed by atoms with van der Waals surface area (Å²) in [6, 6.07) is 21.1. The van der Waals surface area contributed by atoms with Crippen LogP contribution in [0.4, 0.5) is 35.5 Å². The topological polar surface area (TPSA) is 83.0 Å². The van der Waals surface area contributed by atoms with Crippen LogP contribution in [-0.4, -0.2) is 64.2 Å². The van der Waals surface area contributed by atoms with Crippen LogP contribution in [0.25, 0.3) is 11.4 Å². The molecule has 374 valence electrons. The number of aryl methyl sites for hydroxylation is 1. The van der Waals surface area contributed by atoms with Crippen LogP contribution in [0.5, 0.6) is 0 Å². The standard InChI is InChI=1S/C18H27NO2.C12H16F4N2.C12H14N2.C10H13F3N2/c1-13(2)16-11-15(14-9-7-6-8-10-14)12-19(16)17(20)21-18(3,4)5;1-7(2)18-9-4-5-12(15,16)6-8(9)10(17-18)11(3,13)14;1-10(2)14-9-8-13-12(14)11-6-4-3-5-7-11;1-6(2)15-9(10(11,12)13)7-4-3-5-8(7)14-15/h6-10,13,15-16H,11-12H2,1-5H3;7H,4-6H2,1-3H3;3-10H,1-2H3;6H,3-5H2,1-2H3. The summed E-state index contributed by atoms with van der Waals surface area (Å²) in [7, 11) is 0. The number of halogens is 7. The minimum Gasteiger partial charge on any atom is -0.444 e. The Balaban J connectivity index is 0.000000171. The van der Waals surface area contributed by atoms with Gasteiger partial charge in [-0.3, -0.25) is 9.36 Å². The van der Waals surface area contributed by atoms with Crippen molar-refractivity contribution < 1.29 is 40.3 Å². The summed E-state index contributed by atoms with van der Waals surface area (Å²) in [5.74, 6) is -4.20. The summed E-state index contributed by atoms with van der Waals surface area (Å²) in [6.45, 7) is 22.9. The minimum atomic E-state index is -4.28. The molecule has 5 aromatic rings. The van der Waals surface area contributed by atoms with E-state index in [9.17, 15) is 35.5 Å². The Labute approximate surface area is 397 Å². The second-order valence-corrected chi connectivity index (χ2v) is 20.3. The number of carbonyl (C=O) groups excluding carboxylic acids is 1. The Morgan fingerprint density at radius 2 is 1.37 bits per heavy atom. The molecule has 2 unspecified atom stereocenters. The molecule has 16 heteroatoms. The highest BCUT2D eigenvalue weighted by atomic mass is 19.4. The number of likely N-dealkylation sites (tertiary alicyclic amines) is 1. The molecule has 0 saturated carbocycles. The van der Waals surface area contributed by atoms with Crippen molar-refractivity contribution >= 4 is 6.09 Å². The fourth-order valence-corrected chi connectivity index (χ4v) is 9.00. The van der Waals surface area contributed by atoms with Gasteiger partial charge in [-0.2, -0.15) is 32.1 Å². The Kier molecular flexibility index (Phi) is 17.1. The van der Waals surface area contributed by atoms with Gasteiger partial charge in [-0.25, -0.2) is 18.6 Å². The van der Waals surface area contributed by atoms with Crippen LogP contribution in [0, 0.1) is 5.92 Å². The average Bonchev–Trinajstić information content (AvgIpc) is 4.08. The summed E-state index contributed by atoms with van der Waals surface area (Å²) in [6.07, 6.45) is 1.57. The fraction of sp³-hybridized carbons (Fsp3) is 0.577. The van der Waals surface area contributed by atoms with Gasteiger partial charge < -0.3 is 14.2 Å². The first-order valence-electron chi connectivity index (χ1n) is 23.8. The molecule has 1 amide bonds. The largest absolute Gasteiger partial charge is 0.444 e. The third-order valence-electron chi connectivity index (χ3n) is 12.1. The molecule has 68 heavy (non-hydrogen) atoms. The van der Waals surface area contributed by atoms with E-state index in [0.29, 0.717) is 54.6 Å². The van der Waals surface area contributed by atoms with Crippen molar-refractivity contribution in [1.29, 1.82) is 0 Å². The van der Waals surface area contributed by atoms with Crippen molar-refractivity contribution in [3.8, 4) is 11.4 Å². The van der Waals surface area contributed by atoms with Gasteiger partial charge in [0, 0.05) is 91.2 Å². The molecule has 9 nitrogen and oxygen atoms in total. The number of hydrogen-bond donors (Lipinski definition) is 0. The number of fused-ring (bicyclic) bond motifs is 2. The van der Waals surface area contributed by atoms with Crippen LogP contribution in [0.1, 0.15) is 166 Å². The lowest BCUT2D eigenvalue weighted by Gasteiger charge is -2.30. The molecule has 0 radical (unpaired) electrons. The normalized spacial score (nSPS) is 17.8. The molecule has 1 aliphatic heterocycles. The number of aromatic nitrogens is 6. The van der Waals surface area contributed by atoms with Gasteiger partial charge in [-0.15, -0.1) is 0 Å². The van der Waals surface area contributed by atoms with Crippen molar-refractivity contribution in [3.05, 3.63) is 113 Å². The summed E-state index contributed by atoms with van der Waals surface area (Å²) >= 11 is 0. The predicted molar refractivity (Wildman–Crippen MR) is 252 cm³/mol. The molecule has 0 N–H and O–H groups in total. The van der Waals surface area contributed by atoms with Crippen molar-refractivity contribution in [1.82, 2.24) is 34.0 Å². The number of benzene rings is 2. The third kappa shape index (κ3) is 13.5. The first-order valence-corrected chi connectivity index (χ1v) is 23.8. The number of carbonyl (C=O) groups is 1. The van der Waals surface area contributed by atoms with Crippen molar-refractivity contribution in [3.63, 3.8) is 0 Å². The maximum Gasteiger partial charge on any atom is 0.433 e. The molecule has 0 bridgehead atoms. The highest BCUT2D eigenvalue weighted by molar-refractivity contribution is 5.69. The highest BCUT2D eigenvalue weighted by Crippen LogP contribution is 2.41. The van der Waals surface area contributed by atoms with E-state index in [1.165, 1.54) is 15.8 Å². The van der Waals surface area contributed by atoms with Crippen molar-refractivity contribution in [2.24, 2.45) is 5.92 Å². The lowest BCUT2D eigenvalue weighted by molar-refractivity contribution is -0.145. The number of ether oxygens (including phenoxy) is 1. The van der Waals surface area contributed by atoms with Crippen LogP contribution in [-0.2, 0) is 42.5 Å². The molecular formula is C52H70F7N7O2. The number of alkyl halides is 7. The Bertz CT molecular complexity index is 2390. The molecule has 2 aliphatic carbocycles. The van der Waals surface area contributed by atoms with E-state index >= 15 is 0 Å².